The zero-order chi connectivity index (χ0) is 19.5. The number of fused-ring (bicyclic) bond motifs is 1. The highest BCUT2D eigenvalue weighted by atomic mass is 19.1. The number of esters is 1. The molecule has 0 radical (unpaired) electrons. The Morgan fingerprint density at radius 2 is 1.54 bits per heavy atom. The van der Waals surface area contributed by atoms with Gasteiger partial charge in [0.05, 0.1) is 5.92 Å². The maximum atomic E-state index is 13.0. The summed E-state index contributed by atoms with van der Waals surface area (Å²) < 4.78 is 24.1. The molecule has 28 heavy (non-hydrogen) atoms. The highest BCUT2D eigenvalue weighted by molar-refractivity contribution is 6.09. The van der Waals surface area contributed by atoms with Crippen molar-refractivity contribution < 1.29 is 23.5 Å². The smallest absolute Gasteiger partial charge is 0.318 e. The lowest BCUT2D eigenvalue weighted by Crippen LogP contribution is -2.31. The van der Waals surface area contributed by atoms with Gasteiger partial charge in [0, 0.05) is 11.1 Å². The molecule has 1 aliphatic rings. The number of hydrogen-bond acceptors (Lipinski definition) is 4. The lowest BCUT2D eigenvalue weighted by Gasteiger charge is -2.23. The van der Waals surface area contributed by atoms with E-state index in [-0.39, 0.29) is 24.3 Å². The Hall–Kier alpha value is -3.47. The van der Waals surface area contributed by atoms with E-state index in [0.29, 0.717) is 23.3 Å². The first kappa shape index (κ1) is 17.9. The molecule has 0 aliphatic carbocycles. The first-order chi connectivity index (χ1) is 13.6. The van der Waals surface area contributed by atoms with Crippen LogP contribution in [0.1, 0.15) is 21.5 Å². The van der Waals surface area contributed by atoms with E-state index >= 15 is 0 Å². The van der Waals surface area contributed by atoms with E-state index in [2.05, 4.69) is 0 Å². The van der Waals surface area contributed by atoms with Gasteiger partial charge in [-0.3, -0.25) is 9.59 Å². The maximum Gasteiger partial charge on any atom is 0.318 e. The number of rotatable bonds is 4. The number of carbonyl (C=O) groups is 2. The highest BCUT2D eigenvalue weighted by Gasteiger charge is 2.27. The second-order valence-corrected chi connectivity index (χ2v) is 6.60. The number of ether oxygens (including phenoxy) is 2. The molecule has 1 heterocycles. The first-order valence-corrected chi connectivity index (χ1v) is 8.93. The second-order valence-electron chi connectivity index (χ2n) is 6.60. The molecule has 5 heteroatoms. The molecule has 3 aromatic carbocycles. The van der Waals surface area contributed by atoms with Crippen LogP contribution in [-0.2, 0) is 11.2 Å². The minimum absolute atomic E-state index is 0.227. The number of carbonyl (C=O) groups excluding carboxylic acids is 2. The summed E-state index contributed by atoms with van der Waals surface area (Å²) in [5, 5.41) is 0. The highest BCUT2D eigenvalue weighted by Crippen LogP contribution is 2.28. The van der Waals surface area contributed by atoms with Crippen molar-refractivity contribution in [1.82, 2.24) is 0 Å². The molecule has 0 unspecified atom stereocenters. The van der Waals surface area contributed by atoms with E-state index in [1.165, 1.54) is 24.3 Å². The van der Waals surface area contributed by atoms with Crippen LogP contribution in [0.3, 0.4) is 0 Å². The van der Waals surface area contributed by atoms with Gasteiger partial charge in [-0.05, 0) is 66.6 Å². The van der Waals surface area contributed by atoms with Gasteiger partial charge in [-0.1, -0.05) is 18.2 Å². The zero-order valence-electron chi connectivity index (χ0n) is 14.9. The summed E-state index contributed by atoms with van der Waals surface area (Å²) in [6, 6.07) is 19.3. The van der Waals surface area contributed by atoms with Crippen molar-refractivity contribution in [3.05, 3.63) is 95.3 Å². The van der Waals surface area contributed by atoms with Crippen molar-refractivity contribution in [1.29, 1.82) is 0 Å². The fourth-order valence-corrected chi connectivity index (χ4v) is 3.12. The molecule has 0 fully saturated rings. The maximum absolute atomic E-state index is 13.0. The lowest BCUT2D eigenvalue weighted by atomic mass is 9.97. The van der Waals surface area contributed by atoms with Gasteiger partial charge in [-0.25, -0.2) is 4.39 Å². The Kier molecular flexibility index (Phi) is 4.89. The standard InChI is InChI=1S/C23H17FO4/c24-19-9-5-15(6-10-19)22(25)16-7-11-20(12-8-16)28-23(26)18-13-17-3-1-2-4-21(17)27-14-18/h1-12,18H,13-14H2/t18-/m1/s1. The van der Waals surface area contributed by atoms with Crippen LogP contribution in [-0.4, -0.2) is 18.4 Å². The molecule has 0 bridgehead atoms. The largest absolute Gasteiger partial charge is 0.492 e. The molecule has 0 N–H and O–H groups in total. The Bertz CT molecular complexity index is 1010. The van der Waals surface area contributed by atoms with Crippen LogP contribution in [0.4, 0.5) is 4.39 Å². The minimum atomic E-state index is -0.395. The summed E-state index contributed by atoms with van der Waals surface area (Å²) in [4.78, 5) is 24.9. The van der Waals surface area contributed by atoms with Crippen LogP contribution < -0.4 is 9.47 Å². The van der Waals surface area contributed by atoms with Crippen LogP contribution in [0.15, 0.2) is 72.8 Å². The Morgan fingerprint density at radius 1 is 0.893 bits per heavy atom. The van der Waals surface area contributed by atoms with Crippen molar-refractivity contribution in [2.75, 3.05) is 6.61 Å². The average molecular weight is 376 g/mol. The molecular formula is C23H17FO4. The molecule has 0 spiro atoms. The minimum Gasteiger partial charge on any atom is -0.492 e. The van der Waals surface area contributed by atoms with Gasteiger partial charge in [-0.15, -0.1) is 0 Å². The van der Waals surface area contributed by atoms with Crippen LogP contribution in [0.5, 0.6) is 11.5 Å². The van der Waals surface area contributed by atoms with Gasteiger partial charge in [0.1, 0.15) is 23.9 Å². The second kappa shape index (κ2) is 7.64. The number of hydrogen-bond donors (Lipinski definition) is 0. The van der Waals surface area contributed by atoms with Crippen LogP contribution in [0.2, 0.25) is 0 Å². The van der Waals surface area contributed by atoms with Crippen LogP contribution >= 0.6 is 0 Å². The third kappa shape index (κ3) is 3.78. The molecule has 140 valence electrons. The molecule has 1 atom stereocenters. The summed E-state index contributed by atoms with van der Waals surface area (Å²) in [5.74, 6) is -0.208. The number of benzene rings is 3. The van der Waals surface area contributed by atoms with Gasteiger partial charge in [0.25, 0.3) is 0 Å². The van der Waals surface area contributed by atoms with Crippen LogP contribution in [0, 0.1) is 11.7 Å². The fourth-order valence-electron chi connectivity index (χ4n) is 3.12. The van der Waals surface area contributed by atoms with E-state index in [0.717, 1.165) is 11.3 Å². The summed E-state index contributed by atoms with van der Waals surface area (Å²) in [5.41, 5.74) is 1.81. The van der Waals surface area contributed by atoms with Gasteiger partial charge >= 0.3 is 5.97 Å². The van der Waals surface area contributed by atoms with Gasteiger partial charge in [0.2, 0.25) is 0 Å². The van der Waals surface area contributed by atoms with E-state index in [9.17, 15) is 14.0 Å². The summed E-state index contributed by atoms with van der Waals surface area (Å²) in [7, 11) is 0. The molecule has 0 saturated carbocycles. The van der Waals surface area contributed by atoms with Gasteiger partial charge < -0.3 is 9.47 Å². The van der Waals surface area contributed by atoms with Crippen molar-refractivity contribution in [2.24, 2.45) is 5.92 Å². The number of ketones is 1. The molecule has 3 aromatic rings. The topological polar surface area (TPSA) is 52.6 Å². The van der Waals surface area contributed by atoms with Crippen molar-refractivity contribution in [3.8, 4) is 11.5 Å². The van der Waals surface area contributed by atoms with E-state index in [4.69, 9.17) is 9.47 Å². The third-order valence-corrected chi connectivity index (χ3v) is 4.65. The molecule has 0 saturated heterocycles. The monoisotopic (exact) mass is 376 g/mol. The van der Waals surface area contributed by atoms with Crippen molar-refractivity contribution in [3.63, 3.8) is 0 Å². The Morgan fingerprint density at radius 3 is 2.25 bits per heavy atom. The fraction of sp³-hybridized carbons (Fsp3) is 0.130. The summed E-state index contributed by atoms with van der Waals surface area (Å²) in [6.45, 7) is 0.275. The summed E-state index contributed by atoms with van der Waals surface area (Å²) >= 11 is 0. The Labute approximate surface area is 161 Å². The third-order valence-electron chi connectivity index (χ3n) is 4.65. The van der Waals surface area contributed by atoms with Crippen molar-refractivity contribution in [2.45, 2.75) is 6.42 Å². The SMILES string of the molecule is O=C(c1ccc(F)cc1)c1ccc(OC(=O)[C@H]2COc3ccccc3C2)cc1. The predicted molar refractivity (Wildman–Crippen MR) is 101 cm³/mol. The molecular weight excluding hydrogens is 359 g/mol. The molecule has 0 amide bonds. The van der Waals surface area contributed by atoms with E-state index < -0.39 is 5.82 Å². The van der Waals surface area contributed by atoms with E-state index in [1.807, 2.05) is 24.3 Å². The first-order valence-electron chi connectivity index (χ1n) is 8.93. The number of halogens is 1. The lowest BCUT2D eigenvalue weighted by molar-refractivity contribution is -0.140. The summed E-state index contributed by atoms with van der Waals surface area (Å²) in [6.07, 6.45) is 0.566. The van der Waals surface area contributed by atoms with Crippen LogP contribution in [0.25, 0.3) is 0 Å². The normalized spacial score (nSPS) is 15.2. The average Bonchev–Trinajstić information content (AvgIpc) is 2.74. The zero-order valence-corrected chi connectivity index (χ0v) is 14.9. The molecule has 4 rings (SSSR count). The van der Waals surface area contributed by atoms with E-state index in [1.54, 1.807) is 24.3 Å². The predicted octanol–water partition coefficient (Wildman–Crippen LogP) is 4.21. The molecule has 1 aliphatic heterocycles. The van der Waals surface area contributed by atoms with Gasteiger partial charge in [0.15, 0.2) is 5.78 Å². The molecule has 4 nitrogen and oxygen atoms in total. The quantitative estimate of drug-likeness (QED) is 0.389. The molecule has 0 aromatic heterocycles. The van der Waals surface area contributed by atoms with Gasteiger partial charge in [-0.2, -0.15) is 0 Å². The Balaban J connectivity index is 1.41. The number of para-hydroxylation sites is 1. The van der Waals surface area contributed by atoms with Crippen molar-refractivity contribution >= 4 is 11.8 Å².